The van der Waals surface area contributed by atoms with Crippen LogP contribution in [0.3, 0.4) is 0 Å². The standard InChI is InChI=1S/C11H16O2/c1-5-7-8-10-9(6-2)12-11(3,4)13-10/h1,6,9-10H,2,7-8H2,3-4H3/t9-,10+/m1/s1. The van der Waals surface area contributed by atoms with Gasteiger partial charge in [0.15, 0.2) is 5.79 Å². The van der Waals surface area contributed by atoms with E-state index in [-0.39, 0.29) is 12.2 Å². The maximum atomic E-state index is 5.67. The average Bonchev–Trinajstić information content (AvgIpc) is 2.37. The van der Waals surface area contributed by atoms with Crippen LogP contribution in [0.2, 0.25) is 0 Å². The van der Waals surface area contributed by atoms with Crippen molar-refractivity contribution in [2.24, 2.45) is 0 Å². The van der Waals surface area contributed by atoms with Gasteiger partial charge in [0.25, 0.3) is 0 Å². The largest absolute Gasteiger partial charge is 0.344 e. The number of rotatable bonds is 3. The second-order valence-corrected chi connectivity index (χ2v) is 3.62. The smallest absolute Gasteiger partial charge is 0.164 e. The summed E-state index contributed by atoms with van der Waals surface area (Å²) in [6, 6.07) is 0. The van der Waals surface area contributed by atoms with Crippen LogP contribution in [0.5, 0.6) is 0 Å². The molecule has 1 saturated heterocycles. The Morgan fingerprint density at radius 1 is 1.54 bits per heavy atom. The van der Waals surface area contributed by atoms with E-state index in [1.165, 1.54) is 0 Å². The Bertz CT molecular complexity index is 225. The Hall–Kier alpha value is -0.780. The van der Waals surface area contributed by atoms with Crippen LogP contribution in [0.25, 0.3) is 0 Å². The molecule has 1 aliphatic heterocycles. The van der Waals surface area contributed by atoms with Gasteiger partial charge in [-0.2, -0.15) is 0 Å². The molecule has 1 aliphatic rings. The lowest BCUT2D eigenvalue weighted by Gasteiger charge is -2.16. The molecular weight excluding hydrogens is 164 g/mol. The van der Waals surface area contributed by atoms with E-state index in [9.17, 15) is 0 Å². The zero-order chi connectivity index (χ0) is 9.90. The van der Waals surface area contributed by atoms with Crippen LogP contribution in [0, 0.1) is 12.3 Å². The van der Waals surface area contributed by atoms with Gasteiger partial charge in [-0.25, -0.2) is 0 Å². The predicted octanol–water partition coefficient (Wildman–Crippen LogP) is 2.11. The first-order valence-electron chi connectivity index (χ1n) is 4.51. The van der Waals surface area contributed by atoms with Crippen LogP contribution in [0.4, 0.5) is 0 Å². The van der Waals surface area contributed by atoms with Crippen molar-refractivity contribution >= 4 is 0 Å². The maximum Gasteiger partial charge on any atom is 0.164 e. The molecule has 2 heteroatoms. The third-order valence-corrected chi connectivity index (χ3v) is 2.03. The summed E-state index contributed by atoms with van der Waals surface area (Å²) in [5.74, 6) is 2.09. The van der Waals surface area contributed by atoms with Gasteiger partial charge in [-0.15, -0.1) is 18.9 Å². The zero-order valence-corrected chi connectivity index (χ0v) is 8.25. The summed E-state index contributed by atoms with van der Waals surface area (Å²) >= 11 is 0. The van der Waals surface area contributed by atoms with Crippen LogP contribution in [0.15, 0.2) is 12.7 Å². The lowest BCUT2D eigenvalue weighted by Crippen LogP contribution is -2.21. The van der Waals surface area contributed by atoms with Gasteiger partial charge in [0.1, 0.15) is 6.10 Å². The summed E-state index contributed by atoms with van der Waals surface area (Å²) in [6.07, 6.45) is 8.54. The van der Waals surface area contributed by atoms with Gasteiger partial charge in [0.05, 0.1) is 6.10 Å². The first-order chi connectivity index (χ1) is 6.09. The minimum absolute atomic E-state index is 0.0247. The van der Waals surface area contributed by atoms with Crippen molar-refractivity contribution in [1.29, 1.82) is 0 Å². The number of hydrogen-bond donors (Lipinski definition) is 0. The maximum absolute atomic E-state index is 5.67. The molecule has 0 bridgehead atoms. The molecule has 0 unspecified atom stereocenters. The quantitative estimate of drug-likeness (QED) is 0.489. The van der Waals surface area contributed by atoms with Crippen molar-refractivity contribution in [2.75, 3.05) is 0 Å². The molecule has 0 aromatic carbocycles. The molecule has 2 nitrogen and oxygen atoms in total. The zero-order valence-electron chi connectivity index (χ0n) is 8.25. The lowest BCUT2D eigenvalue weighted by molar-refractivity contribution is -0.143. The van der Waals surface area contributed by atoms with Crippen LogP contribution < -0.4 is 0 Å². The molecule has 1 rings (SSSR count). The summed E-state index contributed by atoms with van der Waals surface area (Å²) in [7, 11) is 0. The van der Waals surface area contributed by atoms with E-state index < -0.39 is 5.79 Å². The molecule has 0 N–H and O–H groups in total. The minimum Gasteiger partial charge on any atom is -0.344 e. The highest BCUT2D eigenvalue weighted by Crippen LogP contribution is 2.30. The highest BCUT2D eigenvalue weighted by molar-refractivity contribution is 4.95. The van der Waals surface area contributed by atoms with Gasteiger partial charge in [0, 0.05) is 6.42 Å². The second-order valence-electron chi connectivity index (χ2n) is 3.62. The van der Waals surface area contributed by atoms with Crippen molar-refractivity contribution in [3.8, 4) is 12.3 Å². The van der Waals surface area contributed by atoms with Gasteiger partial charge < -0.3 is 9.47 Å². The number of ether oxygens (including phenoxy) is 2. The topological polar surface area (TPSA) is 18.5 Å². The van der Waals surface area contributed by atoms with Gasteiger partial charge in [-0.05, 0) is 20.3 Å². The summed E-state index contributed by atoms with van der Waals surface area (Å²) < 4.78 is 11.3. The first-order valence-corrected chi connectivity index (χ1v) is 4.51. The molecule has 1 fully saturated rings. The number of terminal acetylenes is 1. The molecular formula is C11H16O2. The summed E-state index contributed by atoms with van der Waals surface area (Å²) in [6.45, 7) is 7.51. The van der Waals surface area contributed by atoms with Crippen molar-refractivity contribution in [3.05, 3.63) is 12.7 Å². The Labute approximate surface area is 79.9 Å². The third kappa shape index (κ3) is 2.58. The molecule has 0 aromatic rings. The first kappa shape index (κ1) is 10.3. The highest BCUT2D eigenvalue weighted by atomic mass is 16.7. The predicted molar refractivity (Wildman–Crippen MR) is 52.1 cm³/mol. The fourth-order valence-corrected chi connectivity index (χ4v) is 1.51. The van der Waals surface area contributed by atoms with E-state index >= 15 is 0 Å². The Morgan fingerprint density at radius 3 is 2.77 bits per heavy atom. The normalized spacial score (nSPS) is 31.2. The monoisotopic (exact) mass is 180 g/mol. The molecule has 2 atom stereocenters. The van der Waals surface area contributed by atoms with E-state index in [4.69, 9.17) is 15.9 Å². The van der Waals surface area contributed by atoms with E-state index in [0.29, 0.717) is 6.42 Å². The van der Waals surface area contributed by atoms with Crippen molar-refractivity contribution in [3.63, 3.8) is 0 Å². The van der Waals surface area contributed by atoms with Crippen LogP contribution in [0.1, 0.15) is 26.7 Å². The van der Waals surface area contributed by atoms with Gasteiger partial charge in [-0.3, -0.25) is 0 Å². The third-order valence-electron chi connectivity index (χ3n) is 2.03. The number of hydrogen-bond acceptors (Lipinski definition) is 2. The van der Waals surface area contributed by atoms with Crippen LogP contribution in [-0.2, 0) is 9.47 Å². The van der Waals surface area contributed by atoms with Gasteiger partial charge in [0.2, 0.25) is 0 Å². The lowest BCUT2D eigenvalue weighted by atomic mass is 10.1. The van der Waals surface area contributed by atoms with E-state index in [2.05, 4.69) is 12.5 Å². The van der Waals surface area contributed by atoms with Crippen molar-refractivity contribution in [2.45, 2.75) is 44.7 Å². The SMILES string of the molecule is C#CCC[C@@H]1OC(C)(C)O[C@@H]1C=C. The highest BCUT2D eigenvalue weighted by Gasteiger charge is 2.38. The minimum atomic E-state index is -0.502. The van der Waals surface area contributed by atoms with E-state index in [0.717, 1.165) is 6.42 Å². The van der Waals surface area contributed by atoms with Gasteiger partial charge >= 0.3 is 0 Å². The molecule has 72 valence electrons. The van der Waals surface area contributed by atoms with Crippen molar-refractivity contribution < 1.29 is 9.47 Å². The Morgan fingerprint density at radius 2 is 2.23 bits per heavy atom. The van der Waals surface area contributed by atoms with Crippen LogP contribution >= 0.6 is 0 Å². The average molecular weight is 180 g/mol. The molecule has 0 saturated carbocycles. The van der Waals surface area contributed by atoms with E-state index in [1.807, 2.05) is 13.8 Å². The summed E-state index contributed by atoms with van der Waals surface area (Å²) in [5.41, 5.74) is 0. The fraction of sp³-hybridized carbons (Fsp3) is 0.636. The molecule has 0 aliphatic carbocycles. The molecule has 0 amide bonds. The summed E-state index contributed by atoms with van der Waals surface area (Å²) in [4.78, 5) is 0. The fourth-order valence-electron chi connectivity index (χ4n) is 1.51. The molecule has 0 aromatic heterocycles. The van der Waals surface area contributed by atoms with E-state index in [1.54, 1.807) is 6.08 Å². The Kier molecular flexibility index (Phi) is 3.13. The molecule has 0 spiro atoms. The second kappa shape index (κ2) is 3.95. The molecule has 13 heavy (non-hydrogen) atoms. The van der Waals surface area contributed by atoms with Crippen molar-refractivity contribution in [1.82, 2.24) is 0 Å². The molecule has 1 heterocycles. The summed E-state index contributed by atoms with van der Waals surface area (Å²) in [5, 5.41) is 0. The molecule has 0 radical (unpaired) electrons. The van der Waals surface area contributed by atoms with Crippen LogP contribution in [-0.4, -0.2) is 18.0 Å². The Balaban J connectivity index is 2.54. The van der Waals surface area contributed by atoms with Gasteiger partial charge in [-0.1, -0.05) is 6.08 Å².